The van der Waals surface area contributed by atoms with Crippen LogP contribution in [0.1, 0.15) is 5.56 Å². The van der Waals surface area contributed by atoms with Gasteiger partial charge in [0.2, 0.25) is 5.91 Å². The van der Waals surface area contributed by atoms with Gasteiger partial charge in [0.25, 0.3) is 0 Å². The Kier molecular flexibility index (Phi) is 6.29. The van der Waals surface area contributed by atoms with Crippen molar-refractivity contribution in [2.45, 2.75) is 12.7 Å². The van der Waals surface area contributed by atoms with Crippen molar-refractivity contribution in [3.8, 4) is 5.75 Å². The zero-order valence-electron chi connectivity index (χ0n) is 11.1. The summed E-state index contributed by atoms with van der Waals surface area (Å²) in [6, 6.07) is 6.26. The van der Waals surface area contributed by atoms with Gasteiger partial charge in [0, 0.05) is 19.6 Å². The second kappa shape index (κ2) is 7.51. The van der Waals surface area contributed by atoms with Crippen LogP contribution < -0.4 is 15.4 Å². The summed E-state index contributed by atoms with van der Waals surface area (Å²) >= 11 is 0. The zero-order chi connectivity index (χ0) is 14.6. The Morgan fingerprint density at radius 2 is 2.10 bits per heavy atom. The third-order valence-electron chi connectivity index (χ3n) is 2.92. The fraction of sp³-hybridized carbons (Fsp3) is 0.462. The maximum atomic E-state index is 12.0. The van der Waals surface area contributed by atoms with Crippen molar-refractivity contribution in [1.82, 2.24) is 10.6 Å². The first-order chi connectivity index (χ1) is 9.44. The van der Waals surface area contributed by atoms with Crippen LogP contribution in [0.15, 0.2) is 24.3 Å². The Balaban J connectivity index is 0.00000220. The number of hydrogen-bond donors (Lipinski definition) is 2. The van der Waals surface area contributed by atoms with Gasteiger partial charge in [-0.05, 0) is 17.7 Å². The molecule has 1 heterocycles. The van der Waals surface area contributed by atoms with E-state index < -0.39 is 12.8 Å². The molecule has 118 valence electrons. The molecule has 21 heavy (non-hydrogen) atoms. The quantitative estimate of drug-likeness (QED) is 0.869. The molecule has 0 radical (unpaired) electrons. The predicted octanol–water partition coefficient (Wildman–Crippen LogP) is 1.89. The van der Waals surface area contributed by atoms with Crippen LogP contribution in [0.25, 0.3) is 0 Å². The molecule has 1 amide bonds. The highest BCUT2D eigenvalue weighted by molar-refractivity contribution is 5.85. The molecule has 0 atom stereocenters. The summed E-state index contributed by atoms with van der Waals surface area (Å²) in [6.07, 6.45) is -4.36. The number of halogens is 4. The Labute approximate surface area is 126 Å². The lowest BCUT2D eigenvalue weighted by molar-refractivity contribution is -0.153. The molecule has 0 spiro atoms. The lowest BCUT2D eigenvalue weighted by Crippen LogP contribution is -2.50. The minimum absolute atomic E-state index is 0. The van der Waals surface area contributed by atoms with Crippen LogP contribution in [0.3, 0.4) is 0 Å². The van der Waals surface area contributed by atoms with Crippen LogP contribution in [0.5, 0.6) is 5.75 Å². The molecule has 1 saturated heterocycles. The number of carbonyl (C=O) groups excluding carboxylic acids is 1. The summed E-state index contributed by atoms with van der Waals surface area (Å²) in [6.45, 7) is 0.288. The molecule has 1 aromatic carbocycles. The summed E-state index contributed by atoms with van der Waals surface area (Å²) in [5.41, 5.74) is 0.699. The molecular formula is C13H16ClF3N2O2. The van der Waals surface area contributed by atoms with Gasteiger partial charge in [-0.2, -0.15) is 13.2 Å². The number of ether oxygens (including phenoxy) is 1. The van der Waals surface area contributed by atoms with Gasteiger partial charge < -0.3 is 15.4 Å². The molecule has 1 aliphatic heterocycles. The van der Waals surface area contributed by atoms with Crippen LogP contribution in [0.2, 0.25) is 0 Å². The minimum Gasteiger partial charge on any atom is -0.484 e. The van der Waals surface area contributed by atoms with Gasteiger partial charge in [-0.1, -0.05) is 12.1 Å². The van der Waals surface area contributed by atoms with E-state index in [4.69, 9.17) is 0 Å². The normalized spacial score (nSPS) is 14.8. The summed E-state index contributed by atoms with van der Waals surface area (Å²) in [5, 5.41) is 5.74. The van der Waals surface area contributed by atoms with Crippen LogP contribution in [-0.2, 0) is 11.3 Å². The molecule has 0 aliphatic carbocycles. The maximum Gasteiger partial charge on any atom is 0.422 e. The molecule has 0 bridgehead atoms. The van der Waals surface area contributed by atoms with Crippen LogP contribution >= 0.6 is 12.4 Å². The van der Waals surface area contributed by atoms with Crippen molar-refractivity contribution in [3.63, 3.8) is 0 Å². The molecular weight excluding hydrogens is 309 g/mol. The first-order valence-electron chi connectivity index (χ1n) is 6.21. The van der Waals surface area contributed by atoms with Crippen molar-refractivity contribution < 1.29 is 22.7 Å². The highest BCUT2D eigenvalue weighted by atomic mass is 35.5. The van der Waals surface area contributed by atoms with E-state index in [0.29, 0.717) is 18.7 Å². The van der Waals surface area contributed by atoms with Crippen molar-refractivity contribution in [3.05, 3.63) is 29.8 Å². The molecule has 1 fully saturated rings. The highest BCUT2D eigenvalue weighted by Gasteiger charge is 2.28. The van der Waals surface area contributed by atoms with Gasteiger partial charge in [0.1, 0.15) is 5.75 Å². The van der Waals surface area contributed by atoms with E-state index in [1.54, 1.807) is 12.1 Å². The van der Waals surface area contributed by atoms with E-state index in [1.807, 2.05) is 0 Å². The van der Waals surface area contributed by atoms with Crippen LogP contribution in [0, 0.1) is 5.92 Å². The van der Waals surface area contributed by atoms with E-state index in [2.05, 4.69) is 15.4 Å². The fourth-order valence-electron chi connectivity index (χ4n) is 1.72. The summed E-state index contributed by atoms with van der Waals surface area (Å²) in [7, 11) is 0. The number of hydrogen-bond acceptors (Lipinski definition) is 3. The molecule has 4 nitrogen and oxygen atoms in total. The van der Waals surface area contributed by atoms with Crippen molar-refractivity contribution >= 4 is 18.3 Å². The van der Waals surface area contributed by atoms with Crippen molar-refractivity contribution in [2.75, 3.05) is 19.7 Å². The second-order valence-electron chi connectivity index (χ2n) is 4.62. The van der Waals surface area contributed by atoms with Crippen molar-refractivity contribution in [2.24, 2.45) is 5.92 Å². The van der Waals surface area contributed by atoms with Crippen LogP contribution in [-0.4, -0.2) is 31.8 Å². The largest absolute Gasteiger partial charge is 0.484 e. The van der Waals surface area contributed by atoms with Crippen molar-refractivity contribution in [1.29, 1.82) is 0 Å². The third-order valence-corrected chi connectivity index (χ3v) is 2.92. The lowest BCUT2D eigenvalue weighted by atomic mass is 10.0. The average Bonchev–Trinajstić information content (AvgIpc) is 2.31. The van der Waals surface area contributed by atoms with Gasteiger partial charge in [-0.15, -0.1) is 12.4 Å². The fourth-order valence-corrected chi connectivity index (χ4v) is 1.72. The number of amides is 1. The summed E-state index contributed by atoms with van der Waals surface area (Å²) in [5.74, 6) is 0.0735. The first kappa shape index (κ1) is 17.6. The minimum atomic E-state index is -4.36. The van der Waals surface area contributed by atoms with Crippen LogP contribution in [0.4, 0.5) is 13.2 Å². The van der Waals surface area contributed by atoms with Gasteiger partial charge in [-0.3, -0.25) is 4.79 Å². The number of nitrogens with one attached hydrogen (secondary N) is 2. The predicted molar refractivity (Wildman–Crippen MR) is 73.4 cm³/mol. The molecule has 2 N–H and O–H groups in total. The van der Waals surface area contributed by atoms with Gasteiger partial charge in [-0.25, -0.2) is 0 Å². The second-order valence-corrected chi connectivity index (χ2v) is 4.62. The monoisotopic (exact) mass is 324 g/mol. The smallest absolute Gasteiger partial charge is 0.422 e. The molecule has 8 heteroatoms. The van der Waals surface area contributed by atoms with E-state index in [9.17, 15) is 18.0 Å². The third kappa shape index (κ3) is 5.81. The Hall–Kier alpha value is -1.47. The first-order valence-corrected chi connectivity index (χ1v) is 6.21. The van der Waals surface area contributed by atoms with E-state index in [1.165, 1.54) is 12.1 Å². The number of benzene rings is 1. The lowest BCUT2D eigenvalue weighted by Gasteiger charge is -2.25. The van der Waals surface area contributed by atoms with E-state index >= 15 is 0 Å². The molecule has 0 unspecified atom stereocenters. The number of carbonyl (C=O) groups is 1. The van der Waals surface area contributed by atoms with E-state index in [-0.39, 0.29) is 36.5 Å². The Bertz CT molecular complexity index is 479. The Morgan fingerprint density at radius 3 is 2.67 bits per heavy atom. The zero-order valence-corrected chi connectivity index (χ0v) is 11.9. The molecule has 2 rings (SSSR count). The van der Waals surface area contributed by atoms with Gasteiger partial charge >= 0.3 is 6.18 Å². The molecule has 1 aromatic rings. The number of alkyl halides is 3. The maximum absolute atomic E-state index is 12.0. The Morgan fingerprint density at radius 1 is 1.38 bits per heavy atom. The summed E-state index contributed by atoms with van der Waals surface area (Å²) in [4.78, 5) is 11.6. The molecule has 1 aliphatic rings. The topological polar surface area (TPSA) is 50.4 Å². The van der Waals surface area contributed by atoms with Gasteiger partial charge in [0.05, 0.1) is 5.92 Å². The van der Waals surface area contributed by atoms with Gasteiger partial charge in [0.15, 0.2) is 6.61 Å². The van der Waals surface area contributed by atoms with E-state index in [0.717, 1.165) is 0 Å². The molecule has 0 aromatic heterocycles. The standard InChI is InChI=1S/C13H15F3N2O2.ClH/c14-13(15,16)8-20-11-3-1-2-9(4-11)5-18-12(19)10-6-17-7-10;/h1-4,10,17H,5-8H2,(H,18,19);1H. The highest BCUT2D eigenvalue weighted by Crippen LogP contribution is 2.19. The summed E-state index contributed by atoms with van der Waals surface area (Å²) < 4.78 is 40.8. The SMILES string of the molecule is Cl.O=C(NCc1cccc(OCC(F)(F)F)c1)C1CNC1. The average molecular weight is 325 g/mol. The molecule has 0 saturated carbocycles. The number of rotatable bonds is 5.